The summed E-state index contributed by atoms with van der Waals surface area (Å²) in [7, 11) is 0. The molecule has 3 atom stereocenters. The van der Waals surface area contributed by atoms with Crippen molar-refractivity contribution in [2.75, 3.05) is 18.1 Å². The van der Waals surface area contributed by atoms with Gasteiger partial charge in [-0.2, -0.15) is 9.36 Å². The molecule has 0 aromatic carbocycles. The van der Waals surface area contributed by atoms with Gasteiger partial charge in [0.25, 0.3) is 11.8 Å². The number of β-lactam (4-membered cyclic amide) rings is 1. The van der Waals surface area contributed by atoms with Gasteiger partial charge in [0.15, 0.2) is 5.13 Å². The van der Waals surface area contributed by atoms with Gasteiger partial charge in [-0.15, -0.1) is 11.8 Å². The molecule has 0 saturated carbocycles. The standard InChI is InChI=1S/C18H22N6O7S2/c1-3-4-6-30-17(29)8(2)31-22-10(12-21-18(19)33-23-12)13(25)20-11-14(26)24-9(16(27)28)5-7-32-15(11)24/h5,8,11,15H,3-4,6-7H2,1-2H3,(H,20,25)(H,27,28)(H2,19,21,23)/b22-10+. The molecule has 33 heavy (non-hydrogen) atoms. The lowest BCUT2D eigenvalue weighted by molar-refractivity contribution is -0.156. The summed E-state index contributed by atoms with van der Waals surface area (Å²) < 4.78 is 8.99. The Kier molecular flexibility index (Phi) is 7.86. The van der Waals surface area contributed by atoms with Crippen molar-refractivity contribution in [3.8, 4) is 0 Å². The van der Waals surface area contributed by atoms with Crippen molar-refractivity contribution in [1.29, 1.82) is 0 Å². The van der Waals surface area contributed by atoms with E-state index in [1.165, 1.54) is 24.8 Å². The number of ether oxygens (including phenoxy) is 1. The second-order valence-corrected chi connectivity index (χ2v) is 8.88. The molecule has 2 aliphatic rings. The molecule has 0 radical (unpaired) electrons. The first-order valence-corrected chi connectivity index (χ1v) is 11.8. The van der Waals surface area contributed by atoms with Crippen LogP contribution in [0.3, 0.4) is 0 Å². The van der Waals surface area contributed by atoms with Crippen LogP contribution in [0.1, 0.15) is 32.5 Å². The van der Waals surface area contributed by atoms with E-state index < -0.39 is 47.0 Å². The molecule has 3 heterocycles. The molecular formula is C18H22N6O7S2. The molecule has 0 spiro atoms. The fourth-order valence-corrected chi connectivity index (χ4v) is 4.50. The van der Waals surface area contributed by atoms with Gasteiger partial charge in [0.05, 0.1) is 6.61 Å². The van der Waals surface area contributed by atoms with Gasteiger partial charge >= 0.3 is 11.9 Å². The van der Waals surface area contributed by atoms with E-state index in [-0.39, 0.29) is 23.3 Å². The topological polar surface area (TPSA) is 186 Å². The molecule has 2 aliphatic heterocycles. The Morgan fingerprint density at radius 1 is 1.45 bits per heavy atom. The van der Waals surface area contributed by atoms with Crippen LogP contribution in [0.15, 0.2) is 16.9 Å². The second kappa shape index (κ2) is 10.6. The minimum absolute atomic E-state index is 0.0718. The highest BCUT2D eigenvalue weighted by molar-refractivity contribution is 8.00. The summed E-state index contributed by atoms with van der Waals surface area (Å²) in [5.41, 5.74) is 5.08. The number of nitrogen functional groups attached to an aromatic ring is 1. The quantitative estimate of drug-likeness (QED) is 0.129. The normalized spacial score (nSPS) is 20.8. The maximum Gasteiger partial charge on any atom is 0.352 e. The molecule has 3 rings (SSSR count). The van der Waals surface area contributed by atoms with Crippen LogP contribution in [-0.2, 0) is 28.8 Å². The monoisotopic (exact) mass is 498 g/mol. The van der Waals surface area contributed by atoms with E-state index in [1.807, 2.05) is 6.92 Å². The van der Waals surface area contributed by atoms with Gasteiger partial charge in [-0.05, 0) is 19.4 Å². The molecule has 1 aromatic heterocycles. The zero-order chi connectivity index (χ0) is 24.1. The van der Waals surface area contributed by atoms with Crippen LogP contribution in [0.25, 0.3) is 0 Å². The van der Waals surface area contributed by atoms with Gasteiger partial charge in [0.2, 0.25) is 17.6 Å². The molecule has 1 aromatic rings. The highest BCUT2D eigenvalue weighted by Gasteiger charge is 2.53. The van der Waals surface area contributed by atoms with Crippen molar-refractivity contribution < 1.29 is 33.9 Å². The average molecular weight is 499 g/mol. The zero-order valence-electron chi connectivity index (χ0n) is 17.7. The number of carbonyl (C=O) groups excluding carboxylic acids is 3. The fourth-order valence-electron chi connectivity index (χ4n) is 2.87. The van der Waals surface area contributed by atoms with Gasteiger partial charge < -0.3 is 25.7 Å². The first-order chi connectivity index (χ1) is 15.7. The Labute approximate surface area is 196 Å². The zero-order valence-corrected chi connectivity index (χ0v) is 19.4. The third-order valence-corrected chi connectivity index (χ3v) is 6.32. The summed E-state index contributed by atoms with van der Waals surface area (Å²) in [6.07, 6.45) is 1.87. The Balaban J connectivity index is 1.71. The maximum atomic E-state index is 12.9. The van der Waals surface area contributed by atoms with Crippen molar-refractivity contribution in [3.63, 3.8) is 0 Å². The number of nitrogens with one attached hydrogen (secondary N) is 1. The minimum Gasteiger partial charge on any atom is -0.477 e. The number of thioether (sulfide) groups is 1. The highest BCUT2D eigenvalue weighted by Crippen LogP contribution is 2.37. The summed E-state index contributed by atoms with van der Waals surface area (Å²) in [6.45, 7) is 3.59. The van der Waals surface area contributed by atoms with E-state index in [4.69, 9.17) is 15.3 Å². The number of carboxylic acids is 1. The van der Waals surface area contributed by atoms with Crippen LogP contribution in [0.2, 0.25) is 0 Å². The van der Waals surface area contributed by atoms with Crippen molar-refractivity contribution in [2.45, 2.75) is 44.2 Å². The lowest BCUT2D eigenvalue weighted by atomic mass is 10.0. The maximum absolute atomic E-state index is 12.9. The summed E-state index contributed by atoms with van der Waals surface area (Å²) >= 11 is 2.12. The van der Waals surface area contributed by atoms with Crippen molar-refractivity contribution in [3.05, 3.63) is 17.6 Å². The van der Waals surface area contributed by atoms with Crippen molar-refractivity contribution in [1.82, 2.24) is 19.6 Å². The largest absolute Gasteiger partial charge is 0.477 e. The molecule has 0 bridgehead atoms. The van der Waals surface area contributed by atoms with Crippen LogP contribution in [0.4, 0.5) is 5.13 Å². The lowest BCUT2D eigenvalue weighted by Gasteiger charge is -2.48. The number of esters is 1. The molecule has 0 aliphatic carbocycles. The average Bonchev–Trinajstić information content (AvgIpc) is 3.22. The number of hydrogen-bond acceptors (Lipinski definition) is 12. The molecule has 2 amide bonds. The summed E-state index contributed by atoms with van der Waals surface area (Å²) in [5.74, 6) is -3.08. The number of fused-ring (bicyclic) bond motifs is 1. The Morgan fingerprint density at radius 3 is 2.85 bits per heavy atom. The number of carboxylic acid groups (broad SMARTS) is 1. The molecule has 4 N–H and O–H groups in total. The number of nitrogens with zero attached hydrogens (tertiary/aromatic N) is 4. The van der Waals surface area contributed by atoms with Gasteiger partial charge in [-0.3, -0.25) is 14.5 Å². The van der Waals surface area contributed by atoms with E-state index in [0.29, 0.717) is 12.2 Å². The predicted octanol–water partition coefficient (Wildman–Crippen LogP) is -0.0588. The summed E-state index contributed by atoms with van der Waals surface area (Å²) in [4.78, 5) is 58.9. The SMILES string of the molecule is CCCCOC(=O)C(C)O/N=C(/C(=O)NC1C(=O)N2C(C(=O)O)=CCSC12)c1nsc(N)n1. The summed E-state index contributed by atoms with van der Waals surface area (Å²) in [5, 5.41) is 15.0. The number of unbranched alkanes of at least 4 members (excludes halogenated alkanes) is 1. The van der Waals surface area contributed by atoms with Crippen molar-refractivity contribution >= 4 is 57.9 Å². The second-order valence-electron chi connectivity index (χ2n) is 6.94. The van der Waals surface area contributed by atoms with E-state index in [9.17, 15) is 24.3 Å². The number of rotatable bonds is 10. The number of anilines is 1. The first kappa shape index (κ1) is 24.4. The Bertz CT molecular complexity index is 1010. The number of aromatic nitrogens is 2. The Hall–Kier alpha value is -3.20. The van der Waals surface area contributed by atoms with Gasteiger partial charge in [0.1, 0.15) is 17.1 Å². The van der Waals surface area contributed by atoms with Crippen LogP contribution in [-0.4, -0.2) is 78.7 Å². The number of nitrogens with two attached hydrogens (primary N) is 1. The minimum atomic E-state index is -1.23. The smallest absolute Gasteiger partial charge is 0.352 e. The molecule has 1 fully saturated rings. The number of aliphatic carboxylic acids is 1. The molecule has 13 nitrogen and oxygen atoms in total. The lowest BCUT2D eigenvalue weighted by Crippen LogP contribution is -2.70. The van der Waals surface area contributed by atoms with Crippen molar-refractivity contribution in [2.24, 2.45) is 5.16 Å². The van der Waals surface area contributed by atoms with Gasteiger partial charge in [-0.25, -0.2) is 9.59 Å². The molecule has 3 unspecified atom stereocenters. The molecular weight excluding hydrogens is 476 g/mol. The summed E-state index contributed by atoms with van der Waals surface area (Å²) in [6, 6.07) is -0.983. The third-order valence-electron chi connectivity index (χ3n) is 4.60. The van der Waals surface area contributed by atoms with Crippen LogP contribution < -0.4 is 11.1 Å². The Morgan fingerprint density at radius 2 is 2.21 bits per heavy atom. The highest BCUT2D eigenvalue weighted by atomic mass is 32.2. The van der Waals surface area contributed by atoms with E-state index in [1.54, 1.807) is 0 Å². The number of oxime groups is 1. The molecule has 178 valence electrons. The number of carbonyl (C=O) groups is 4. The van der Waals surface area contributed by atoms with E-state index in [0.717, 1.165) is 22.9 Å². The van der Waals surface area contributed by atoms with Crippen LogP contribution >= 0.6 is 23.3 Å². The number of hydrogen-bond donors (Lipinski definition) is 3. The molecule has 1 saturated heterocycles. The van der Waals surface area contributed by atoms with E-state index in [2.05, 4.69) is 19.8 Å². The number of amides is 2. The van der Waals surface area contributed by atoms with Gasteiger partial charge in [-0.1, -0.05) is 18.5 Å². The van der Waals surface area contributed by atoms with Gasteiger partial charge in [0, 0.05) is 17.3 Å². The van der Waals surface area contributed by atoms with E-state index >= 15 is 0 Å². The van der Waals surface area contributed by atoms with Crippen LogP contribution in [0.5, 0.6) is 0 Å². The first-order valence-electron chi connectivity index (χ1n) is 9.93. The predicted molar refractivity (Wildman–Crippen MR) is 118 cm³/mol. The third kappa shape index (κ3) is 5.42. The fraction of sp³-hybridized carbons (Fsp3) is 0.500. The van der Waals surface area contributed by atoms with Crippen LogP contribution in [0, 0.1) is 0 Å². The molecule has 15 heteroatoms.